The molecule has 0 aromatic heterocycles. The first-order valence-electron chi connectivity index (χ1n) is 14.3. The van der Waals surface area contributed by atoms with Gasteiger partial charge in [-0.25, -0.2) is 0 Å². The van der Waals surface area contributed by atoms with Crippen LogP contribution in [0.3, 0.4) is 0 Å². The number of rotatable bonds is 2. The van der Waals surface area contributed by atoms with E-state index in [1.807, 2.05) is 13.8 Å². The molecule has 3 N–H and O–H groups in total. The maximum Gasteiger partial charge on any atom is 0.0967 e. The zero-order chi connectivity index (χ0) is 25.2. The SMILES string of the molecule is CC(C)(O)[C@H]1CC[C@@](C)([C@@]2(O)CC[C@]3(C)[C@@H]2CC[C@@H]2[C@@]4(C)CC[C@@H](O)C(C)(C)[C@@H]4CC[C@]23C)O1. The maximum atomic E-state index is 12.5. The fourth-order valence-electron chi connectivity index (χ4n) is 11.1. The number of hydrogen-bond donors (Lipinski definition) is 3. The molecule has 196 valence electrons. The van der Waals surface area contributed by atoms with Gasteiger partial charge in [0.15, 0.2) is 0 Å². The molecular weight excluding hydrogens is 424 g/mol. The van der Waals surface area contributed by atoms with Gasteiger partial charge >= 0.3 is 0 Å². The minimum absolute atomic E-state index is 0.0280. The lowest BCUT2D eigenvalue weighted by Crippen LogP contribution is -2.66. The van der Waals surface area contributed by atoms with Crippen molar-refractivity contribution in [3.05, 3.63) is 0 Å². The second-order valence-corrected chi connectivity index (χ2v) is 15.4. The van der Waals surface area contributed by atoms with E-state index in [0.29, 0.717) is 11.8 Å². The van der Waals surface area contributed by atoms with E-state index in [2.05, 4.69) is 41.5 Å². The number of fused-ring (bicyclic) bond motifs is 5. The first-order chi connectivity index (χ1) is 15.5. The van der Waals surface area contributed by atoms with Gasteiger partial charge in [0.05, 0.1) is 29.0 Å². The lowest BCUT2D eigenvalue weighted by atomic mass is 9.35. The van der Waals surface area contributed by atoms with Crippen molar-refractivity contribution in [2.45, 2.75) is 149 Å². The fraction of sp³-hybridized carbons (Fsp3) is 1.00. The van der Waals surface area contributed by atoms with Crippen LogP contribution in [0.25, 0.3) is 0 Å². The van der Waals surface area contributed by atoms with Crippen LogP contribution in [0.4, 0.5) is 0 Å². The highest BCUT2D eigenvalue weighted by Gasteiger charge is 2.73. The van der Waals surface area contributed by atoms with Gasteiger partial charge in [-0.15, -0.1) is 0 Å². The van der Waals surface area contributed by atoms with Crippen molar-refractivity contribution in [1.82, 2.24) is 0 Å². The number of aliphatic hydroxyl groups excluding tert-OH is 1. The molecule has 0 aromatic carbocycles. The van der Waals surface area contributed by atoms with Crippen LogP contribution in [0.1, 0.15) is 120 Å². The van der Waals surface area contributed by atoms with E-state index in [1.54, 1.807) is 0 Å². The number of ether oxygens (including phenoxy) is 1. The molecular formula is C30H52O4. The molecule has 1 aliphatic heterocycles. The quantitative estimate of drug-likeness (QED) is 0.467. The molecule has 1 saturated heterocycles. The predicted octanol–water partition coefficient (Wildman–Crippen LogP) is 5.86. The summed E-state index contributed by atoms with van der Waals surface area (Å²) in [5.74, 6) is 1.43. The van der Waals surface area contributed by atoms with E-state index < -0.39 is 16.8 Å². The second kappa shape index (κ2) is 7.23. The monoisotopic (exact) mass is 476 g/mol. The third kappa shape index (κ3) is 2.98. The van der Waals surface area contributed by atoms with Gasteiger partial charge in [0, 0.05) is 0 Å². The summed E-state index contributed by atoms with van der Waals surface area (Å²) in [6, 6.07) is 0. The first kappa shape index (κ1) is 25.5. The topological polar surface area (TPSA) is 69.9 Å². The van der Waals surface area contributed by atoms with Crippen molar-refractivity contribution in [2.24, 2.45) is 39.4 Å². The van der Waals surface area contributed by atoms with Gasteiger partial charge in [-0.2, -0.15) is 0 Å². The van der Waals surface area contributed by atoms with Gasteiger partial charge in [0.25, 0.3) is 0 Å². The molecule has 0 amide bonds. The second-order valence-electron chi connectivity index (χ2n) is 15.4. The molecule has 5 aliphatic rings. The van der Waals surface area contributed by atoms with Crippen molar-refractivity contribution >= 4 is 0 Å². The van der Waals surface area contributed by atoms with Crippen LogP contribution in [0, 0.1) is 39.4 Å². The van der Waals surface area contributed by atoms with E-state index in [-0.39, 0.29) is 39.8 Å². The van der Waals surface area contributed by atoms with Crippen LogP contribution in [0.5, 0.6) is 0 Å². The maximum absolute atomic E-state index is 12.5. The van der Waals surface area contributed by atoms with Gasteiger partial charge in [-0.05, 0) is 124 Å². The zero-order valence-corrected chi connectivity index (χ0v) is 23.2. The molecule has 0 bridgehead atoms. The van der Waals surface area contributed by atoms with Gasteiger partial charge < -0.3 is 20.1 Å². The highest BCUT2D eigenvalue weighted by atomic mass is 16.5. The molecule has 0 radical (unpaired) electrons. The largest absolute Gasteiger partial charge is 0.393 e. The van der Waals surface area contributed by atoms with Crippen molar-refractivity contribution in [3.63, 3.8) is 0 Å². The van der Waals surface area contributed by atoms with Crippen LogP contribution >= 0.6 is 0 Å². The molecule has 5 rings (SSSR count). The fourth-order valence-corrected chi connectivity index (χ4v) is 11.1. The average molecular weight is 477 g/mol. The number of aliphatic hydroxyl groups is 3. The Morgan fingerprint density at radius 2 is 1.32 bits per heavy atom. The van der Waals surface area contributed by atoms with Crippen LogP contribution in [-0.2, 0) is 4.74 Å². The van der Waals surface area contributed by atoms with Crippen molar-refractivity contribution in [2.75, 3.05) is 0 Å². The smallest absolute Gasteiger partial charge is 0.0967 e. The summed E-state index contributed by atoms with van der Waals surface area (Å²) in [4.78, 5) is 0. The standard InChI is InChI=1S/C30H52O4/c1-24(2)19-11-15-27(6)20(26(19,5)14-12-22(24)31)9-10-21-28(27,7)17-18-30(21,33)29(8)16-13-23(34-29)25(3,4)32/h19-23,31-33H,9-18H2,1-8H3/t19-,20+,21-,22+,23+,26-,27+,28+,29-,30+/m0/s1. The highest BCUT2D eigenvalue weighted by Crippen LogP contribution is 2.76. The van der Waals surface area contributed by atoms with Crippen LogP contribution in [-0.4, -0.2) is 44.3 Å². The Hall–Kier alpha value is -0.160. The summed E-state index contributed by atoms with van der Waals surface area (Å²) >= 11 is 0. The summed E-state index contributed by atoms with van der Waals surface area (Å²) in [5, 5.41) is 34.0. The predicted molar refractivity (Wildman–Crippen MR) is 135 cm³/mol. The van der Waals surface area contributed by atoms with E-state index in [0.717, 1.165) is 44.9 Å². The third-order valence-corrected chi connectivity index (χ3v) is 13.4. The normalized spacial score (nSPS) is 57.1. The van der Waals surface area contributed by atoms with E-state index in [9.17, 15) is 15.3 Å². The van der Waals surface area contributed by atoms with Crippen LogP contribution < -0.4 is 0 Å². The lowest BCUT2D eigenvalue weighted by Gasteiger charge is -2.70. The minimum Gasteiger partial charge on any atom is -0.393 e. The van der Waals surface area contributed by atoms with E-state index in [1.165, 1.54) is 19.3 Å². The first-order valence-corrected chi connectivity index (χ1v) is 14.3. The van der Waals surface area contributed by atoms with Gasteiger partial charge in [-0.1, -0.05) is 34.6 Å². The molecule has 10 atom stereocenters. The summed E-state index contributed by atoms with van der Waals surface area (Å²) in [6.07, 6.45) is 9.72. The molecule has 0 spiro atoms. The minimum atomic E-state index is -0.884. The Morgan fingerprint density at radius 1 is 0.706 bits per heavy atom. The van der Waals surface area contributed by atoms with Crippen molar-refractivity contribution < 1.29 is 20.1 Å². The molecule has 5 fully saturated rings. The van der Waals surface area contributed by atoms with Crippen LogP contribution in [0.2, 0.25) is 0 Å². The Bertz CT molecular complexity index is 832. The van der Waals surface area contributed by atoms with Crippen molar-refractivity contribution in [3.8, 4) is 0 Å². The molecule has 4 aliphatic carbocycles. The van der Waals surface area contributed by atoms with Crippen molar-refractivity contribution in [1.29, 1.82) is 0 Å². The number of hydrogen-bond acceptors (Lipinski definition) is 4. The van der Waals surface area contributed by atoms with Gasteiger partial charge in [0.2, 0.25) is 0 Å². The molecule has 1 heterocycles. The molecule has 4 nitrogen and oxygen atoms in total. The molecule has 0 unspecified atom stereocenters. The lowest BCUT2D eigenvalue weighted by molar-refractivity contribution is -0.254. The molecule has 4 saturated carbocycles. The summed E-state index contributed by atoms with van der Waals surface area (Å²) in [6.45, 7) is 18.0. The van der Waals surface area contributed by atoms with E-state index in [4.69, 9.17) is 4.74 Å². The van der Waals surface area contributed by atoms with Gasteiger partial charge in [-0.3, -0.25) is 0 Å². The molecule has 4 heteroatoms. The third-order valence-electron chi connectivity index (χ3n) is 13.4. The highest BCUT2D eigenvalue weighted by molar-refractivity contribution is 5.23. The Morgan fingerprint density at radius 3 is 1.94 bits per heavy atom. The summed E-state index contributed by atoms with van der Waals surface area (Å²) in [5.41, 5.74) is -1.82. The zero-order valence-electron chi connectivity index (χ0n) is 23.2. The van der Waals surface area contributed by atoms with E-state index >= 15 is 0 Å². The Kier molecular flexibility index (Phi) is 5.42. The Labute approximate surface area is 208 Å². The molecule has 0 aromatic rings. The summed E-state index contributed by atoms with van der Waals surface area (Å²) in [7, 11) is 0. The van der Waals surface area contributed by atoms with Crippen LogP contribution in [0.15, 0.2) is 0 Å². The average Bonchev–Trinajstić information content (AvgIpc) is 3.27. The molecule has 34 heavy (non-hydrogen) atoms. The summed E-state index contributed by atoms with van der Waals surface area (Å²) < 4.78 is 6.58. The van der Waals surface area contributed by atoms with Gasteiger partial charge in [0.1, 0.15) is 0 Å². The Balaban J connectivity index is 1.48.